The minimum atomic E-state index is -2.41. The molecule has 0 saturated carbocycles. The summed E-state index contributed by atoms with van der Waals surface area (Å²) in [7, 11) is 0. The van der Waals surface area contributed by atoms with Crippen LogP contribution in [0.5, 0.6) is 0 Å². The SMILES string of the molecule is [2H]C([2H])([2H])C([2H])(C)c1ccccc1-n1cc[n+]2c1-c1ccccc1C2. The van der Waals surface area contributed by atoms with Gasteiger partial charge < -0.3 is 0 Å². The molecule has 0 amide bonds. The number of hydrogen-bond donors (Lipinski definition) is 0. The average molecular weight is 279 g/mol. The molecule has 2 nitrogen and oxygen atoms in total. The number of hydrogen-bond acceptors (Lipinski definition) is 0. The van der Waals surface area contributed by atoms with Crippen LogP contribution in [0.15, 0.2) is 60.9 Å². The Morgan fingerprint density at radius 1 is 1.19 bits per heavy atom. The van der Waals surface area contributed by atoms with E-state index in [9.17, 15) is 0 Å². The standard InChI is InChI=1S/C19H19N2/c1-14(2)16-8-5-6-10-18(16)21-12-11-20-13-15-7-3-4-9-17(15)19(20)21/h3-12,14H,13H2,1-2H3/q+1/i1D3,14D. The van der Waals surface area contributed by atoms with Crippen LogP contribution in [0.1, 0.15) is 36.3 Å². The third-order valence-corrected chi connectivity index (χ3v) is 4.06. The van der Waals surface area contributed by atoms with Gasteiger partial charge in [0, 0.05) is 16.6 Å². The monoisotopic (exact) mass is 279 g/mol. The van der Waals surface area contributed by atoms with Gasteiger partial charge in [-0.2, -0.15) is 4.57 Å². The quantitative estimate of drug-likeness (QED) is 0.492. The fourth-order valence-corrected chi connectivity index (χ4v) is 3.09. The zero-order valence-corrected chi connectivity index (χ0v) is 11.9. The highest BCUT2D eigenvalue weighted by molar-refractivity contribution is 5.63. The molecule has 0 aliphatic carbocycles. The third-order valence-electron chi connectivity index (χ3n) is 4.06. The Morgan fingerprint density at radius 3 is 2.90 bits per heavy atom. The summed E-state index contributed by atoms with van der Waals surface area (Å²) in [5.74, 6) is -0.673. The lowest BCUT2D eigenvalue weighted by Gasteiger charge is -2.10. The molecule has 1 unspecified atom stereocenters. The van der Waals surface area contributed by atoms with Gasteiger partial charge in [0.2, 0.25) is 0 Å². The van der Waals surface area contributed by atoms with Crippen LogP contribution in [0, 0.1) is 0 Å². The Labute approximate surface area is 130 Å². The Hall–Kier alpha value is -2.35. The topological polar surface area (TPSA) is 8.81 Å². The molecule has 1 aromatic heterocycles. The molecule has 0 radical (unpaired) electrons. The number of aromatic nitrogens is 2. The van der Waals surface area contributed by atoms with Crippen molar-refractivity contribution in [2.24, 2.45) is 0 Å². The van der Waals surface area contributed by atoms with Crippen molar-refractivity contribution in [1.82, 2.24) is 4.57 Å². The van der Waals surface area contributed by atoms with E-state index in [4.69, 9.17) is 5.48 Å². The molecule has 0 spiro atoms. The molecule has 0 N–H and O–H groups in total. The summed E-state index contributed by atoms with van der Waals surface area (Å²) < 4.78 is 36.1. The molecule has 1 atom stereocenters. The number of imidazole rings is 1. The molecular formula is C19H19N2+. The predicted octanol–water partition coefficient (Wildman–Crippen LogP) is 3.92. The second kappa shape index (κ2) is 4.59. The van der Waals surface area contributed by atoms with E-state index in [0.29, 0.717) is 5.56 Å². The van der Waals surface area contributed by atoms with Crippen molar-refractivity contribution < 1.29 is 10.1 Å². The van der Waals surface area contributed by atoms with Crippen LogP contribution in [0.4, 0.5) is 0 Å². The van der Waals surface area contributed by atoms with Gasteiger partial charge in [0.25, 0.3) is 5.82 Å². The Kier molecular flexibility index (Phi) is 1.93. The van der Waals surface area contributed by atoms with Crippen LogP contribution < -0.4 is 4.57 Å². The van der Waals surface area contributed by atoms with Crippen LogP contribution in [0.25, 0.3) is 17.1 Å². The van der Waals surface area contributed by atoms with Crippen molar-refractivity contribution in [2.75, 3.05) is 0 Å². The number of para-hydroxylation sites is 1. The molecular weight excluding hydrogens is 256 g/mol. The summed E-state index contributed by atoms with van der Waals surface area (Å²) in [6.07, 6.45) is 3.95. The van der Waals surface area contributed by atoms with E-state index >= 15 is 0 Å². The molecule has 1 aliphatic rings. The van der Waals surface area contributed by atoms with Crippen molar-refractivity contribution >= 4 is 0 Å². The minimum absolute atomic E-state index is 0.499. The van der Waals surface area contributed by atoms with Gasteiger partial charge in [0.1, 0.15) is 24.6 Å². The molecule has 4 rings (SSSR count). The zero-order valence-electron chi connectivity index (χ0n) is 15.9. The van der Waals surface area contributed by atoms with Gasteiger partial charge in [-0.05, 0) is 18.0 Å². The first-order valence-corrected chi connectivity index (χ1v) is 7.10. The average Bonchev–Trinajstić information content (AvgIpc) is 3.12. The molecule has 1 aliphatic heterocycles. The van der Waals surface area contributed by atoms with E-state index in [1.165, 1.54) is 12.5 Å². The number of fused-ring (bicyclic) bond motifs is 3. The highest BCUT2D eigenvalue weighted by Gasteiger charge is 2.30. The van der Waals surface area contributed by atoms with Crippen LogP contribution in [-0.2, 0) is 6.54 Å². The van der Waals surface area contributed by atoms with E-state index in [1.54, 1.807) is 12.1 Å². The molecule has 0 bridgehead atoms. The maximum atomic E-state index is 8.52. The Balaban J connectivity index is 1.94. The molecule has 2 heterocycles. The van der Waals surface area contributed by atoms with Gasteiger partial charge in [-0.3, -0.25) is 0 Å². The first-order valence-electron chi connectivity index (χ1n) is 9.10. The summed E-state index contributed by atoms with van der Waals surface area (Å²) in [4.78, 5) is 0. The van der Waals surface area contributed by atoms with Gasteiger partial charge >= 0.3 is 0 Å². The van der Waals surface area contributed by atoms with E-state index in [1.807, 2.05) is 41.2 Å². The summed E-state index contributed by atoms with van der Waals surface area (Å²) in [6.45, 7) is -0.147. The van der Waals surface area contributed by atoms with E-state index in [-0.39, 0.29) is 0 Å². The summed E-state index contributed by atoms with van der Waals surface area (Å²) in [5, 5.41) is 0. The summed E-state index contributed by atoms with van der Waals surface area (Å²) in [5.41, 5.74) is 3.62. The normalized spacial score (nSPS) is 18.7. The Bertz CT molecular complexity index is 954. The van der Waals surface area contributed by atoms with Gasteiger partial charge in [-0.25, -0.2) is 4.57 Å². The van der Waals surface area contributed by atoms with E-state index < -0.39 is 12.7 Å². The van der Waals surface area contributed by atoms with Crippen molar-refractivity contribution in [3.8, 4) is 17.1 Å². The molecule has 0 saturated heterocycles. The van der Waals surface area contributed by atoms with Crippen LogP contribution >= 0.6 is 0 Å². The van der Waals surface area contributed by atoms with Gasteiger partial charge in [0.05, 0.1) is 5.56 Å². The molecule has 3 aromatic rings. The first-order chi connectivity index (χ1) is 11.8. The van der Waals surface area contributed by atoms with Crippen LogP contribution in [-0.4, -0.2) is 4.57 Å². The number of nitrogens with zero attached hydrogens (tertiary/aromatic N) is 2. The lowest BCUT2D eigenvalue weighted by molar-refractivity contribution is -0.671. The smallest absolute Gasteiger partial charge is 0.225 e. The fraction of sp³-hybridized carbons (Fsp3) is 0.211. The lowest BCUT2D eigenvalue weighted by Crippen LogP contribution is -2.30. The number of rotatable bonds is 2. The van der Waals surface area contributed by atoms with Crippen molar-refractivity contribution in [2.45, 2.75) is 26.2 Å². The molecule has 104 valence electrons. The van der Waals surface area contributed by atoms with Gasteiger partial charge in [-0.1, -0.05) is 50.2 Å². The number of benzene rings is 2. The van der Waals surface area contributed by atoms with Gasteiger partial charge in [0.15, 0.2) is 0 Å². The summed E-state index contributed by atoms with van der Waals surface area (Å²) >= 11 is 0. The molecule has 0 fully saturated rings. The molecule has 2 heteroatoms. The van der Waals surface area contributed by atoms with E-state index in [0.717, 1.165) is 23.6 Å². The van der Waals surface area contributed by atoms with Crippen LogP contribution in [0.2, 0.25) is 0 Å². The second-order valence-electron chi connectivity index (χ2n) is 5.42. The predicted molar refractivity (Wildman–Crippen MR) is 84.6 cm³/mol. The highest BCUT2D eigenvalue weighted by atomic mass is 15.2. The maximum absolute atomic E-state index is 8.52. The highest BCUT2D eigenvalue weighted by Crippen LogP contribution is 2.31. The summed E-state index contributed by atoms with van der Waals surface area (Å²) in [6, 6.07) is 15.5. The zero-order chi connectivity index (χ0) is 17.8. The van der Waals surface area contributed by atoms with Crippen molar-refractivity contribution in [1.29, 1.82) is 0 Å². The van der Waals surface area contributed by atoms with E-state index in [2.05, 4.69) is 16.7 Å². The largest absolute Gasteiger partial charge is 0.294 e. The molecule has 2 aromatic carbocycles. The maximum Gasteiger partial charge on any atom is 0.294 e. The fourth-order valence-electron chi connectivity index (χ4n) is 3.09. The Morgan fingerprint density at radius 2 is 2.00 bits per heavy atom. The third kappa shape index (κ3) is 1.83. The van der Waals surface area contributed by atoms with Gasteiger partial charge in [-0.15, -0.1) is 0 Å². The lowest BCUT2D eigenvalue weighted by atomic mass is 10.0. The van der Waals surface area contributed by atoms with Crippen LogP contribution in [0.3, 0.4) is 0 Å². The van der Waals surface area contributed by atoms with Crippen molar-refractivity contribution in [3.05, 3.63) is 72.1 Å². The second-order valence-corrected chi connectivity index (χ2v) is 5.42. The van der Waals surface area contributed by atoms with Crippen molar-refractivity contribution in [3.63, 3.8) is 0 Å². The molecule has 21 heavy (non-hydrogen) atoms. The first kappa shape index (κ1) is 8.83. The minimum Gasteiger partial charge on any atom is -0.225 e.